The van der Waals surface area contributed by atoms with E-state index in [4.69, 9.17) is 20.1 Å². The van der Waals surface area contributed by atoms with Crippen molar-refractivity contribution in [1.82, 2.24) is 9.97 Å². The van der Waals surface area contributed by atoms with Gasteiger partial charge in [-0.1, -0.05) is 6.85 Å². The van der Waals surface area contributed by atoms with E-state index in [-0.39, 0.29) is 11.7 Å². The standard InChI is InChI=1S/C10H13N3O/c1-2-5-14-7-3-4-8-9(6-7)13-10(11)12-8/h3-4,6H,2,5H2,1H3,(H3,11,12,13)/i1D3,2D2,5D2. The summed E-state index contributed by atoms with van der Waals surface area (Å²) in [6, 6.07) is 4.22. The summed E-state index contributed by atoms with van der Waals surface area (Å²) in [6.45, 7) is -6.21. The number of nitrogens with two attached hydrogens (primary N) is 1. The molecule has 0 saturated heterocycles. The van der Waals surface area contributed by atoms with Crippen molar-refractivity contribution in [2.75, 3.05) is 12.3 Å². The van der Waals surface area contributed by atoms with Crippen LogP contribution in [0, 0.1) is 0 Å². The second-order valence-electron chi connectivity index (χ2n) is 2.63. The highest BCUT2D eigenvalue weighted by Gasteiger charge is 2.01. The Morgan fingerprint density at radius 3 is 3.50 bits per heavy atom. The van der Waals surface area contributed by atoms with Gasteiger partial charge in [0.15, 0.2) is 5.95 Å². The Labute approximate surface area is 91.9 Å². The number of aromatic amines is 1. The first kappa shape index (κ1) is 3.81. The van der Waals surface area contributed by atoms with Crippen molar-refractivity contribution in [3.05, 3.63) is 18.2 Å². The van der Waals surface area contributed by atoms with Gasteiger partial charge in [-0.3, -0.25) is 0 Å². The molecule has 1 aromatic heterocycles. The molecule has 0 radical (unpaired) electrons. The SMILES string of the molecule is [2H]C([2H])([2H])C([2H])([2H])C([2H])([2H])Oc1ccc2nc(N)[nH]c2c1. The van der Waals surface area contributed by atoms with E-state index < -0.39 is 19.8 Å². The van der Waals surface area contributed by atoms with Gasteiger partial charge in [0.1, 0.15) is 5.75 Å². The van der Waals surface area contributed by atoms with Crippen molar-refractivity contribution in [1.29, 1.82) is 0 Å². The molecular formula is C10H13N3O. The largest absolute Gasteiger partial charge is 0.494 e. The zero-order chi connectivity index (χ0) is 16.1. The van der Waals surface area contributed by atoms with Crippen LogP contribution in [0.2, 0.25) is 0 Å². The van der Waals surface area contributed by atoms with E-state index in [2.05, 4.69) is 9.97 Å². The number of nitrogens with zero attached hydrogens (tertiary/aromatic N) is 1. The summed E-state index contributed by atoms with van der Waals surface area (Å²) in [5, 5.41) is 0. The Morgan fingerprint density at radius 1 is 1.71 bits per heavy atom. The Balaban J connectivity index is 2.33. The van der Waals surface area contributed by atoms with Crippen LogP contribution in [0.25, 0.3) is 11.0 Å². The number of H-pyrrole nitrogens is 1. The Kier molecular flexibility index (Phi) is 0.971. The summed E-state index contributed by atoms with van der Waals surface area (Å²) in [4.78, 5) is 6.66. The van der Waals surface area contributed by atoms with Crippen LogP contribution in [0.1, 0.15) is 22.8 Å². The van der Waals surface area contributed by atoms with E-state index >= 15 is 0 Å². The van der Waals surface area contributed by atoms with Gasteiger partial charge >= 0.3 is 0 Å². The number of hydrogen-bond acceptors (Lipinski definition) is 3. The van der Waals surface area contributed by atoms with E-state index in [1.807, 2.05) is 0 Å². The number of fused-ring (bicyclic) bond motifs is 1. The predicted octanol–water partition coefficient (Wildman–Crippen LogP) is 1.93. The fourth-order valence-electron chi connectivity index (χ4n) is 1.16. The van der Waals surface area contributed by atoms with Crippen LogP contribution in [0.4, 0.5) is 5.95 Å². The van der Waals surface area contributed by atoms with Gasteiger partial charge in [-0.25, -0.2) is 4.98 Å². The minimum Gasteiger partial charge on any atom is -0.494 e. The predicted molar refractivity (Wildman–Crippen MR) is 56.3 cm³/mol. The molecule has 0 bridgehead atoms. The molecule has 2 aromatic rings. The number of rotatable bonds is 3. The summed E-state index contributed by atoms with van der Waals surface area (Å²) in [5.74, 6) is 0.132. The normalized spacial score (nSPS) is 21.0. The Hall–Kier alpha value is -1.71. The lowest BCUT2D eigenvalue weighted by Crippen LogP contribution is -1.94. The van der Waals surface area contributed by atoms with Crippen molar-refractivity contribution in [2.24, 2.45) is 0 Å². The quantitative estimate of drug-likeness (QED) is 0.792. The third-order valence-corrected chi connectivity index (χ3v) is 1.69. The van der Waals surface area contributed by atoms with Gasteiger partial charge in [-0.05, 0) is 18.5 Å². The van der Waals surface area contributed by atoms with Gasteiger partial charge < -0.3 is 15.5 Å². The number of anilines is 1. The number of ether oxygens (including phenoxy) is 1. The summed E-state index contributed by atoms with van der Waals surface area (Å²) >= 11 is 0. The van der Waals surface area contributed by atoms with Crippen molar-refractivity contribution < 1.29 is 14.3 Å². The highest BCUT2D eigenvalue weighted by atomic mass is 16.5. The molecule has 14 heavy (non-hydrogen) atoms. The minimum absolute atomic E-state index is 0.0377. The highest BCUT2D eigenvalue weighted by molar-refractivity contribution is 5.78. The van der Waals surface area contributed by atoms with Crippen LogP contribution in [-0.2, 0) is 0 Å². The molecule has 0 aliphatic heterocycles. The van der Waals surface area contributed by atoms with Crippen LogP contribution >= 0.6 is 0 Å². The van der Waals surface area contributed by atoms with Crippen LogP contribution in [-0.4, -0.2) is 16.5 Å². The van der Waals surface area contributed by atoms with E-state index in [1.165, 1.54) is 18.2 Å². The summed E-state index contributed by atoms with van der Waals surface area (Å²) in [6.07, 6.45) is -3.18. The third kappa shape index (κ3) is 1.64. The second-order valence-corrected chi connectivity index (χ2v) is 2.63. The summed E-state index contributed by atoms with van der Waals surface area (Å²) in [5.41, 5.74) is 6.47. The first-order valence-electron chi connectivity index (χ1n) is 7.38. The Morgan fingerprint density at radius 2 is 2.64 bits per heavy atom. The fourth-order valence-corrected chi connectivity index (χ4v) is 1.16. The second kappa shape index (κ2) is 3.57. The van der Waals surface area contributed by atoms with Gasteiger partial charge in [0.05, 0.1) is 20.3 Å². The van der Waals surface area contributed by atoms with E-state index in [1.54, 1.807) is 0 Å². The Bertz CT molecular complexity index is 664. The fraction of sp³-hybridized carbons (Fsp3) is 0.300. The molecule has 0 atom stereocenters. The number of imidazole rings is 1. The molecule has 0 aliphatic rings. The van der Waals surface area contributed by atoms with Gasteiger partial charge in [-0.15, -0.1) is 0 Å². The average molecular weight is 198 g/mol. The molecule has 2 rings (SSSR count). The number of nitrogens with one attached hydrogen (secondary N) is 1. The summed E-state index contributed by atoms with van der Waals surface area (Å²) < 4.78 is 56.3. The van der Waals surface area contributed by atoms with Crippen LogP contribution < -0.4 is 10.5 Å². The summed E-state index contributed by atoms with van der Waals surface area (Å²) in [7, 11) is 0. The molecule has 4 heteroatoms. The van der Waals surface area contributed by atoms with E-state index in [9.17, 15) is 0 Å². The van der Waals surface area contributed by atoms with Crippen LogP contribution in [0.3, 0.4) is 0 Å². The van der Waals surface area contributed by atoms with Crippen molar-refractivity contribution in [3.63, 3.8) is 0 Å². The molecule has 3 N–H and O–H groups in total. The monoisotopic (exact) mass is 198 g/mol. The first-order valence-corrected chi connectivity index (χ1v) is 3.88. The number of aromatic nitrogens is 2. The molecule has 0 amide bonds. The van der Waals surface area contributed by atoms with Gasteiger partial charge in [0.25, 0.3) is 0 Å². The topological polar surface area (TPSA) is 63.9 Å². The molecule has 0 unspecified atom stereocenters. The maximum Gasteiger partial charge on any atom is 0.198 e. The third-order valence-electron chi connectivity index (χ3n) is 1.69. The molecule has 4 nitrogen and oxygen atoms in total. The lowest BCUT2D eigenvalue weighted by atomic mass is 10.3. The van der Waals surface area contributed by atoms with Crippen molar-refractivity contribution >= 4 is 17.0 Å². The number of nitrogen functional groups attached to an aromatic ring is 1. The van der Waals surface area contributed by atoms with Crippen molar-refractivity contribution in [2.45, 2.75) is 13.2 Å². The molecule has 0 spiro atoms. The average Bonchev–Trinajstić information content (AvgIpc) is 2.66. The van der Waals surface area contributed by atoms with Gasteiger partial charge in [0.2, 0.25) is 0 Å². The van der Waals surface area contributed by atoms with E-state index in [0.717, 1.165) is 0 Å². The smallest absolute Gasteiger partial charge is 0.198 e. The lowest BCUT2D eigenvalue weighted by molar-refractivity contribution is 0.318. The number of benzene rings is 1. The molecule has 1 heterocycles. The molecule has 0 fully saturated rings. The maximum absolute atomic E-state index is 7.59. The molecule has 0 aliphatic carbocycles. The minimum atomic E-state index is -3.18. The van der Waals surface area contributed by atoms with Crippen LogP contribution in [0.5, 0.6) is 5.75 Å². The van der Waals surface area contributed by atoms with Gasteiger partial charge in [-0.2, -0.15) is 0 Å². The van der Waals surface area contributed by atoms with Crippen LogP contribution in [0.15, 0.2) is 18.2 Å². The first-order chi connectivity index (χ1) is 9.44. The molecule has 74 valence electrons. The highest BCUT2D eigenvalue weighted by Crippen LogP contribution is 2.19. The maximum atomic E-state index is 7.59. The molecular weight excluding hydrogens is 178 g/mol. The number of hydrogen-bond donors (Lipinski definition) is 2. The zero-order valence-electron chi connectivity index (χ0n) is 14.2. The van der Waals surface area contributed by atoms with E-state index in [0.29, 0.717) is 11.0 Å². The lowest BCUT2D eigenvalue weighted by Gasteiger charge is -2.02. The van der Waals surface area contributed by atoms with Gasteiger partial charge in [0, 0.05) is 12.9 Å². The molecule has 1 aromatic carbocycles. The zero-order valence-corrected chi connectivity index (χ0v) is 7.16. The van der Waals surface area contributed by atoms with Crippen molar-refractivity contribution in [3.8, 4) is 5.75 Å². The molecule has 0 saturated carbocycles.